The largest absolute Gasteiger partial charge is 0.394 e. The number of piperazine rings is 1. The number of carbonyl (C=O) groups excluding carboxylic acids is 2. The minimum Gasteiger partial charge on any atom is -0.394 e. The highest BCUT2D eigenvalue weighted by atomic mass is 32.2. The van der Waals surface area contributed by atoms with Crippen LogP contribution in [0.3, 0.4) is 0 Å². The number of hydrogen-bond acceptors (Lipinski definition) is 4. The summed E-state index contributed by atoms with van der Waals surface area (Å²) in [6.07, 6.45) is 2.57. The lowest BCUT2D eigenvalue weighted by Crippen LogP contribution is -2.62. The SMILES string of the molecule is CSCC[C@@H]1NC(=O)[C@H](CO)NC1=O. The molecule has 0 spiro atoms. The Bertz CT molecular complexity index is 235. The second kappa shape index (κ2) is 5.21. The first-order valence-electron chi connectivity index (χ1n) is 4.39. The van der Waals surface area contributed by atoms with Gasteiger partial charge >= 0.3 is 0 Å². The molecule has 0 aromatic rings. The number of hydrogen-bond donors (Lipinski definition) is 3. The van der Waals surface area contributed by atoms with Crippen molar-refractivity contribution < 1.29 is 14.7 Å². The Kier molecular flexibility index (Phi) is 4.21. The van der Waals surface area contributed by atoms with Crippen molar-refractivity contribution in [2.24, 2.45) is 0 Å². The van der Waals surface area contributed by atoms with E-state index in [-0.39, 0.29) is 18.4 Å². The monoisotopic (exact) mass is 218 g/mol. The third-order valence-electron chi connectivity index (χ3n) is 2.06. The van der Waals surface area contributed by atoms with Gasteiger partial charge in [-0.05, 0) is 18.4 Å². The summed E-state index contributed by atoms with van der Waals surface area (Å²) in [4.78, 5) is 22.6. The van der Waals surface area contributed by atoms with Gasteiger partial charge in [-0.3, -0.25) is 9.59 Å². The van der Waals surface area contributed by atoms with Gasteiger partial charge in [0.2, 0.25) is 11.8 Å². The number of nitrogens with one attached hydrogen (secondary N) is 2. The molecule has 2 amide bonds. The number of amides is 2. The summed E-state index contributed by atoms with van der Waals surface area (Å²) in [7, 11) is 0. The second-order valence-corrected chi connectivity index (χ2v) is 4.07. The summed E-state index contributed by atoms with van der Waals surface area (Å²) < 4.78 is 0. The summed E-state index contributed by atoms with van der Waals surface area (Å²) in [6.45, 7) is -0.354. The molecule has 0 aromatic heterocycles. The van der Waals surface area contributed by atoms with Crippen LogP contribution in [0.5, 0.6) is 0 Å². The first-order valence-corrected chi connectivity index (χ1v) is 5.79. The van der Waals surface area contributed by atoms with Crippen molar-refractivity contribution in [2.75, 3.05) is 18.6 Å². The Balaban J connectivity index is 2.49. The van der Waals surface area contributed by atoms with Gasteiger partial charge in [-0.15, -0.1) is 0 Å². The van der Waals surface area contributed by atoms with Crippen LogP contribution in [-0.4, -0.2) is 47.6 Å². The molecule has 80 valence electrons. The van der Waals surface area contributed by atoms with Crippen LogP contribution in [0.4, 0.5) is 0 Å². The summed E-state index contributed by atoms with van der Waals surface area (Å²) in [6, 6.07) is -1.23. The Morgan fingerprint density at radius 2 is 1.86 bits per heavy atom. The maximum atomic E-state index is 11.4. The van der Waals surface area contributed by atoms with Crippen LogP contribution >= 0.6 is 11.8 Å². The van der Waals surface area contributed by atoms with E-state index in [0.29, 0.717) is 6.42 Å². The molecule has 1 saturated heterocycles. The molecule has 1 aliphatic rings. The van der Waals surface area contributed by atoms with Crippen molar-refractivity contribution in [1.82, 2.24) is 10.6 Å². The van der Waals surface area contributed by atoms with Crippen LogP contribution in [0.15, 0.2) is 0 Å². The molecule has 6 heteroatoms. The molecule has 0 unspecified atom stereocenters. The zero-order valence-corrected chi connectivity index (χ0v) is 8.76. The quantitative estimate of drug-likeness (QED) is 0.549. The molecule has 0 aliphatic carbocycles. The van der Waals surface area contributed by atoms with Gasteiger partial charge in [-0.25, -0.2) is 0 Å². The number of aliphatic hydroxyl groups is 1. The van der Waals surface area contributed by atoms with E-state index in [1.807, 2.05) is 6.26 Å². The highest BCUT2D eigenvalue weighted by Gasteiger charge is 2.32. The average molecular weight is 218 g/mol. The smallest absolute Gasteiger partial charge is 0.245 e. The van der Waals surface area contributed by atoms with Gasteiger partial charge in [-0.1, -0.05) is 0 Å². The van der Waals surface area contributed by atoms with Crippen molar-refractivity contribution >= 4 is 23.6 Å². The molecule has 2 atom stereocenters. The first kappa shape index (κ1) is 11.3. The van der Waals surface area contributed by atoms with Gasteiger partial charge in [0.05, 0.1) is 6.61 Å². The Labute approximate surface area is 86.6 Å². The maximum Gasteiger partial charge on any atom is 0.245 e. The molecule has 3 N–H and O–H groups in total. The van der Waals surface area contributed by atoms with Gasteiger partial charge in [0, 0.05) is 0 Å². The van der Waals surface area contributed by atoms with Gasteiger partial charge in [0.25, 0.3) is 0 Å². The van der Waals surface area contributed by atoms with Crippen molar-refractivity contribution in [2.45, 2.75) is 18.5 Å². The van der Waals surface area contributed by atoms with Crippen molar-refractivity contribution in [1.29, 1.82) is 0 Å². The molecular formula is C8H14N2O3S. The van der Waals surface area contributed by atoms with E-state index in [2.05, 4.69) is 10.6 Å². The van der Waals surface area contributed by atoms with Gasteiger partial charge in [0.1, 0.15) is 12.1 Å². The highest BCUT2D eigenvalue weighted by Crippen LogP contribution is 2.05. The predicted molar refractivity (Wildman–Crippen MR) is 53.9 cm³/mol. The predicted octanol–water partition coefficient (Wildman–Crippen LogP) is -1.28. The van der Waals surface area contributed by atoms with Crippen LogP contribution in [0.2, 0.25) is 0 Å². The fourth-order valence-corrected chi connectivity index (χ4v) is 1.71. The minimum absolute atomic E-state index is 0.210. The van der Waals surface area contributed by atoms with E-state index in [0.717, 1.165) is 5.75 Å². The molecule has 1 aliphatic heterocycles. The second-order valence-electron chi connectivity index (χ2n) is 3.09. The molecule has 1 rings (SSSR count). The van der Waals surface area contributed by atoms with Gasteiger partial charge in [0.15, 0.2) is 0 Å². The molecule has 0 saturated carbocycles. The Morgan fingerprint density at radius 3 is 2.43 bits per heavy atom. The normalized spacial score (nSPS) is 27.0. The minimum atomic E-state index is -0.784. The fourth-order valence-electron chi connectivity index (χ4n) is 1.24. The van der Waals surface area contributed by atoms with Crippen LogP contribution in [0.25, 0.3) is 0 Å². The number of carbonyl (C=O) groups is 2. The lowest BCUT2D eigenvalue weighted by atomic mass is 10.1. The van der Waals surface area contributed by atoms with E-state index in [1.165, 1.54) is 0 Å². The van der Waals surface area contributed by atoms with Crippen molar-refractivity contribution in [3.8, 4) is 0 Å². The van der Waals surface area contributed by atoms with E-state index in [1.54, 1.807) is 11.8 Å². The number of rotatable bonds is 4. The number of thioether (sulfide) groups is 1. The summed E-state index contributed by atoms with van der Waals surface area (Å²) in [5.41, 5.74) is 0. The molecule has 0 radical (unpaired) electrons. The first-order chi connectivity index (χ1) is 6.69. The van der Waals surface area contributed by atoms with Crippen LogP contribution in [0, 0.1) is 0 Å². The Hall–Kier alpha value is -0.750. The summed E-state index contributed by atoms with van der Waals surface area (Å²) in [5, 5.41) is 13.8. The summed E-state index contributed by atoms with van der Waals surface area (Å²) in [5.74, 6) is 0.304. The topological polar surface area (TPSA) is 78.4 Å². The van der Waals surface area contributed by atoms with Gasteiger partial charge in [-0.2, -0.15) is 11.8 Å². The Morgan fingerprint density at radius 1 is 1.29 bits per heavy atom. The van der Waals surface area contributed by atoms with E-state index in [4.69, 9.17) is 5.11 Å². The number of aliphatic hydroxyl groups excluding tert-OH is 1. The van der Waals surface area contributed by atoms with Gasteiger partial charge < -0.3 is 15.7 Å². The standard InChI is InChI=1S/C8H14N2O3S/c1-14-3-2-5-7(12)10-6(4-11)8(13)9-5/h5-6,11H,2-4H2,1H3,(H,9,13)(H,10,12)/t5-,6-/m0/s1. The maximum absolute atomic E-state index is 11.4. The fraction of sp³-hybridized carbons (Fsp3) is 0.750. The van der Waals surface area contributed by atoms with E-state index in [9.17, 15) is 9.59 Å². The van der Waals surface area contributed by atoms with Crippen LogP contribution in [-0.2, 0) is 9.59 Å². The molecular weight excluding hydrogens is 204 g/mol. The lowest BCUT2D eigenvalue weighted by molar-refractivity contribution is -0.137. The molecule has 0 bridgehead atoms. The average Bonchev–Trinajstić information content (AvgIpc) is 2.18. The third-order valence-corrected chi connectivity index (χ3v) is 2.70. The molecule has 0 aromatic carbocycles. The third kappa shape index (κ3) is 2.62. The van der Waals surface area contributed by atoms with E-state index >= 15 is 0 Å². The molecule has 1 heterocycles. The lowest BCUT2D eigenvalue weighted by Gasteiger charge is -2.28. The van der Waals surface area contributed by atoms with Crippen LogP contribution < -0.4 is 10.6 Å². The molecule has 1 fully saturated rings. The highest BCUT2D eigenvalue weighted by molar-refractivity contribution is 7.98. The zero-order valence-electron chi connectivity index (χ0n) is 7.95. The summed E-state index contributed by atoms with van der Waals surface area (Å²) >= 11 is 1.62. The molecule has 14 heavy (non-hydrogen) atoms. The van der Waals surface area contributed by atoms with Crippen molar-refractivity contribution in [3.05, 3.63) is 0 Å². The zero-order chi connectivity index (χ0) is 10.6. The van der Waals surface area contributed by atoms with E-state index < -0.39 is 12.1 Å². The molecule has 5 nitrogen and oxygen atoms in total. The van der Waals surface area contributed by atoms with Crippen molar-refractivity contribution in [3.63, 3.8) is 0 Å². The van der Waals surface area contributed by atoms with Crippen LogP contribution in [0.1, 0.15) is 6.42 Å².